The number of hydrogen-bond donors (Lipinski definition) is 1. The molecule has 21 heavy (non-hydrogen) atoms. The second-order valence-corrected chi connectivity index (χ2v) is 5.85. The SMILES string of the molecule is CCCC(C(=O)Nc1ccc(Cl)cn1)c1ccnc(Br)c1. The number of pyridine rings is 2. The van der Waals surface area contributed by atoms with Crippen LogP contribution in [0.4, 0.5) is 5.82 Å². The summed E-state index contributed by atoms with van der Waals surface area (Å²) in [5, 5.41) is 3.37. The molecule has 110 valence electrons. The van der Waals surface area contributed by atoms with Gasteiger partial charge in [-0.2, -0.15) is 0 Å². The lowest BCUT2D eigenvalue weighted by molar-refractivity contribution is -0.117. The minimum atomic E-state index is -0.230. The lowest BCUT2D eigenvalue weighted by Gasteiger charge is -2.16. The van der Waals surface area contributed by atoms with E-state index < -0.39 is 0 Å². The zero-order valence-corrected chi connectivity index (χ0v) is 13.9. The number of aromatic nitrogens is 2. The number of nitrogens with one attached hydrogen (secondary N) is 1. The first-order valence-electron chi connectivity index (χ1n) is 6.64. The van der Waals surface area contributed by atoms with Crippen LogP contribution in [0.3, 0.4) is 0 Å². The van der Waals surface area contributed by atoms with E-state index in [0.717, 1.165) is 23.0 Å². The van der Waals surface area contributed by atoms with E-state index in [1.165, 1.54) is 6.20 Å². The van der Waals surface area contributed by atoms with E-state index >= 15 is 0 Å². The van der Waals surface area contributed by atoms with Crippen LogP contribution < -0.4 is 5.32 Å². The van der Waals surface area contributed by atoms with E-state index in [-0.39, 0.29) is 11.8 Å². The fourth-order valence-electron chi connectivity index (χ4n) is 2.04. The second-order valence-electron chi connectivity index (χ2n) is 4.60. The summed E-state index contributed by atoms with van der Waals surface area (Å²) in [4.78, 5) is 20.7. The van der Waals surface area contributed by atoms with Crippen molar-refractivity contribution in [1.82, 2.24) is 9.97 Å². The van der Waals surface area contributed by atoms with Crippen molar-refractivity contribution >= 4 is 39.3 Å². The smallest absolute Gasteiger partial charge is 0.233 e. The average molecular weight is 369 g/mol. The van der Waals surface area contributed by atoms with Crippen molar-refractivity contribution in [3.8, 4) is 0 Å². The molecule has 1 N–H and O–H groups in total. The van der Waals surface area contributed by atoms with Crippen LogP contribution in [0.1, 0.15) is 31.2 Å². The molecule has 0 fully saturated rings. The summed E-state index contributed by atoms with van der Waals surface area (Å²) in [6.07, 6.45) is 4.87. The number of carbonyl (C=O) groups excluding carboxylic acids is 1. The van der Waals surface area contributed by atoms with Crippen molar-refractivity contribution in [3.05, 3.63) is 51.8 Å². The van der Waals surface area contributed by atoms with Gasteiger partial charge >= 0.3 is 0 Å². The predicted molar refractivity (Wildman–Crippen MR) is 87.5 cm³/mol. The third-order valence-electron chi connectivity index (χ3n) is 3.03. The first-order valence-corrected chi connectivity index (χ1v) is 7.81. The molecular formula is C15H15BrClN3O. The van der Waals surface area contributed by atoms with E-state index in [1.54, 1.807) is 18.3 Å². The van der Waals surface area contributed by atoms with E-state index in [0.29, 0.717) is 10.8 Å². The average Bonchev–Trinajstić information content (AvgIpc) is 2.47. The minimum Gasteiger partial charge on any atom is -0.310 e. The number of rotatable bonds is 5. The van der Waals surface area contributed by atoms with Gasteiger partial charge in [-0.3, -0.25) is 4.79 Å². The number of hydrogen-bond acceptors (Lipinski definition) is 3. The van der Waals surface area contributed by atoms with Crippen molar-refractivity contribution in [1.29, 1.82) is 0 Å². The van der Waals surface area contributed by atoms with Gasteiger partial charge in [-0.15, -0.1) is 0 Å². The lowest BCUT2D eigenvalue weighted by Crippen LogP contribution is -2.21. The van der Waals surface area contributed by atoms with Crippen LogP contribution in [0.15, 0.2) is 41.3 Å². The molecule has 0 bridgehead atoms. The van der Waals surface area contributed by atoms with Crippen LogP contribution in [0.5, 0.6) is 0 Å². The highest BCUT2D eigenvalue weighted by molar-refractivity contribution is 9.10. The summed E-state index contributed by atoms with van der Waals surface area (Å²) in [7, 11) is 0. The van der Waals surface area contributed by atoms with E-state index in [9.17, 15) is 4.79 Å². The molecule has 0 radical (unpaired) electrons. The van der Waals surface area contributed by atoms with Gasteiger partial charge in [0.2, 0.25) is 5.91 Å². The Hall–Kier alpha value is -1.46. The second kappa shape index (κ2) is 7.52. The lowest BCUT2D eigenvalue weighted by atomic mass is 9.94. The minimum absolute atomic E-state index is 0.0789. The van der Waals surface area contributed by atoms with Crippen LogP contribution in [0.25, 0.3) is 0 Å². The molecule has 1 unspecified atom stereocenters. The molecule has 0 spiro atoms. The van der Waals surface area contributed by atoms with Crippen molar-refractivity contribution in [2.24, 2.45) is 0 Å². The number of amides is 1. The van der Waals surface area contributed by atoms with Gasteiger partial charge in [-0.25, -0.2) is 9.97 Å². The third kappa shape index (κ3) is 4.51. The molecule has 2 heterocycles. The monoisotopic (exact) mass is 367 g/mol. The maximum atomic E-state index is 12.5. The third-order valence-corrected chi connectivity index (χ3v) is 3.68. The zero-order chi connectivity index (χ0) is 15.2. The van der Waals surface area contributed by atoms with Gasteiger partial charge in [0.15, 0.2) is 0 Å². The van der Waals surface area contributed by atoms with Crippen molar-refractivity contribution in [2.45, 2.75) is 25.7 Å². The van der Waals surface area contributed by atoms with Crippen molar-refractivity contribution < 1.29 is 4.79 Å². The molecule has 0 aliphatic carbocycles. The normalized spacial score (nSPS) is 12.0. The molecule has 0 aromatic carbocycles. The molecule has 4 nitrogen and oxygen atoms in total. The molecule has 0 aliphatic rings. The summed E-state index contributed by atoms with van der Waals surface area (Å²) >= 11 is 9.12. The Labute approximate surface area is 137 Å². The molecule has 2 rings (SSSR count). The topological polar surface area (TPSA) is 54.9 Å². The van der Waals surface area contributed by atoms with E-state index in [4.69, 9.17) is 11.6 Å². The molecule has 2 aromatic heterocycles. The van der Waals surface area contributed by atoms with Gasteiger partial charge in [0, 0.05) is 12.4 Å². The maximum Gasteiger partial charge on any atom is 0.233 e. The van der Waals surface area contributed by atoms with Crippen molar-refractivity contribution in [2.75, 3.05) is 5.32 Å². The molecule has 1 atom stereocenters. The largest absolute Gasteiger partial charge is 0.310 e. The number of anilines is 1. The Bertz CT molecular complexity index is 619. The molecule has 6 heteroatoms. The molecule has 0 aliphatic heterocycles. The Balaban J connectivity index is 2.17. The molecule has 0 saturated carbocycles. The Morgan fingerprint density at radius 1 is 1.38 bits per heavy atom. The van der Waals surface area contributed by atoms with Gasteiger partial charge in [0.05, 0.1) is 10.9 Å². The fourth-order valence-corrected chi connectivity index (χ4v) is 2.53. The molecular weight excluding hydrogens is 354 g/mol. The summed E-state index contributed by atoms with van der Waals surface area (Å²) in [6, 6.07) is 7.11. The fraction of sp³-hybridized carbons (Fsp3) is 0.267. The van der Waals surface area contributed by atoms with Crippen LogP contribution >= 0.6 is 27.5 Å². The van der Waals surface area contributed by atoms with Crippen LogP contribution in [-0.2, 0) is 4.79 Å². The highest BCUT2D eigenvalue weighted by atomic mass is 79.9. The Morgan fingerprint density at radius 3 is 2.81 bits per heavy atom. The van der Waals surface area contributed by atoms with E-state index in [1.807, 2.05) is 12.1 Å². The van der Waals surface area contributed by atoms with Gasteiger partial charge in [-0.05, 0) is 52.2 Å². The number of halogens is 2. The summed E-state index contributed by atoms with van der Waals surface area (Å²) in [5.74, 6) is 0.190. The summed E-state index contributed by atoms with van der Waals surface area (Å²) in [6.45, 7) is 2.05. The molecule has 0 saturated heterocycles. The van der Waals surface area contributed by atoms with Crippen LogP contribution in [0, 0.1) is 0 Å². The van der Waals surface area contributed by atoms with Gasteiger partial charge in [-0.1, -0.05) is 24.9 Å². The zero-order valence-electron chi connectivity index (χ0n) is 11.5. The van der Waals surface area contributed by atoms with Crippen LogP contribution in [0.2, 0.25) is 5.02 Å². The predicted octanol–water partition coefficient (Wildman–Crippen LogP) is 4.41. The first-order chi connectivity index (χ1) is 10.1. The van der Waals surface area contributed by atoms with Gasteiger partial charge < -0.3 is 5.32 Å². The summed E-state index contributed by atoms with van der Waals surface area (Å²) < 4.78 is 0.721. The maximum absolute atomic E-state index is 12.5. The molecule has 2 aromatic rings. The van der Waals surface area contributed by atoms with Crippen molar-refractivity contribution in [3.63, 3.8) is 0 Å². The standard InChI is InChI=1S/C15H15BrClN3O/c1-2-3-12(10-6-7-18-13(16)8-10)15(21)20-14-5-4-11(17)9-19-14/h4-9,12H,2-3H2,1H3,(H,19,20,21). The summed E-state index contributed by atoms with van der Waals surface area (Å²) in [5.41, 5.74) is 0.935. The quantitative estimate of drug-likeness (QED) is 0.795. The first kappa shape index (κ1) is 15.9. The molecule has 1 amide bonds. The highest BCUT2D eigenvalue weighted by Crippen LogP contribution is 2.24. The van der Waals surface area contributed by atoms with Gasteiger partial charge in [0.1, 0.15) is 10.4 Å². The van der Waals surface area contributed by atoms with E-state index in [2.05, 4.69) is 38.1 Å². The Kier molecular flexibility index (Phi) is 5.70. The van der Waals surface area contributed by atoms with Crippen LogP contribution in [-0.4, -0.2) is 15.9 Å². The number of nitrogens with zero attached hydrogens (tertiary/aromatic N) is 2. The highest BCUT2D eigenvalue weighted by Gasteiger charge is 2.20. The number of carbonyl (C=O) groups is 1. The van der Waals surface area contributed by atoms with Gasteiger partial charge in [0.25, 0.3) is 0 Å². The Morgan fingerprint density at radius 2 is 2.19 bits per heavy atom.